The molecule has 1 aromatic heterocycles. The van der Waals surface area contributed by atoms with Crippen LogP contribution in [-0.2, 0) is 9.53 Å². The molecule has 29 heavy (non-hydrogen) atoms. The molecule has 2 aromatic rings. The third-order valence-corrected chi connectivity index (χ3v) is 6.08. The van der Waals surface area contributed by atoms with Gasteiger partial charge in [-0.2, -0.15) is 5.10 Å². The first-order valence-corrected chi connectivity index (χ1v) is 10.1. The number of rotatable bonds is 3. The monoisotopic (exact) mass is 398 g/mol. The number of nitrogens with one attached hydrogen (secondary N) is 2. The second-order valence-electron chi connectivity index (χ2n) is 7.71. The maximum absolute atomic E-state index is 12.8. The van der Waals surface area contributed by atoms with Crippen LogP contribution in [0.25, 0.3) is 16.5 Å². The lowest BCUT2D eigenvalue weighted by atomic mass is 9.84. The molecule has 1 amide bonds. The van der Waals surface area contributed by atoms with Crippen molar-refractivity contribution < 1.29 is 19.4 Å². The van der Waals surface area contributed by atoms with Crippen LogP contribution in [0.5, 0.6) is 0 Å². The predicted octanol–water partition coefficient (Wildman–Crippen LogP) is 1.89. The van der Waals surface area contributed by atoms with Gasteiger partial charge in [-0.3, -0.25) is 14.7 Å². The van der Waals surface area contributed by atoms with Gasteiger partial charge < -0.3 is 20.1 Å². The van der Waals surface area contributed by atoms with Gasteiger partial charge in [-0.25, -0.2) is 0 Å². The molecule has 4 aliphatic heterocycles. The summed E-state index contributed by atoms with van der Waals surface area (Å²) in [7, 11) is 0. The molecule has 1 atom stereocenters. The zero-order valence-corrected chi connectivity index (χ0v) is 16.3. The molecule has 0 unspecified atom stereocenters. The number of piperidine rings is 3. The van der Waals surface area contributed by atoms with E-state index in [0.29, 0.717) is 18.2 Å². The Morgan fingerprint density at radius 1 is 1.34 bits per heavy atom. The molecule has 6 rings (SSSR count). The largest absolute Gasteiger partial charge is 0.483 e. The Balaban J connectivity index is 0.000000645. The highest BCUT2D eigenvalue weighted by atomic mass is 16.5. The Morgan fingerprint density at radius 3 is 2.79 bits per heavy atom. The minimum absolute atomic E-state index is 0.0620. The van der Waals surface area contributed by atoms with Crippen LogP contribution < -0.4 is 5.32 Å². The fourth-order valence-corrected chi connectivity index (χ4v) is 4.55. The molecule has 4 aliphatic rings. The first kappa shape index (κ1) is 19.6. The molecule has 0 spiro atoms. The Labute approximate surface area is 168 Å². The number of aromatic amines is 1. The topological polar surface area (TPSA) is 108 Å². The van der Waals surface area contributed by atoms with Crippen molar-refractivity contribution in [1.82, 2.24) is 20.4 Å². The van der Waals surface area contributed by atoms with E-state index in [-0.39, 0.29) is 18.4 Å². The van der Waals surface area contributed by atoms with Gasteiger partial charge in [0.25, 0.3) is 12.4 Å². The molecule has 154 valence electrons. The summed E-state index contributed by atoms with van der Waals surface area (Å²) in [5.74, 6) is 0.550. The predicted molar refractivity (Wildman–Crippen MR) is 109 cm³/mol. The number of ether oxygens (including phenoxy) is 1. The maximum atomic E-state index is 12.8. The van der Waals surface area contributed by atoms with Crippen molar-refractivity contribution in [3.63, 3.8) is 0 Å². The van der Waals surface area contributed by atoms with Crippen molar-refractivity contribution in [2.75, 3.05) is 32.8 Å². The maximum Gasteiger partial charge on any atom is 0.290 e. The molecule has 1 aromatic carbocycles. The molecule has 2 bridgehead atoms. The molecule has 5 heterocycles. The van der Waals surface area contributed by atoms with Crippen LogP contribution in [0.4, 0.5) is 0 Å². The number of hydrogen-bond donors (Lipinski definition) is 3. The zero-order chi connectivity index (χ0) is 20.2. The number of aromatic nitrogens is 2. The Bertz CT molecular complexity index is 915. The van der Waals surface area contributed by atoms with E-state index in [1.165, 1.54) is 37.1 Å². The molecule has 0 radical (unpaired) electrons. The number of carbonyl (C=O) groups excluding carboxylic acids is 1. The Hall–Kier alpha value is -2.71. The van der Waals surface area contributed by atoms with Crippen LogP contribution in [0.15, 0.2) is 24.3 Å². The highest BCUT2D eigenvalue weighted by Gasteiger charge is 2.35. The minimum Gasteiger partial charge on any atom is -0.483 e. The van der Waals surface area contributed by atoms with E-state index in [0.717, 1.165) is 30.5 Å². The number of benzene rings is 1. The molecule has 0 aliphatic carbocycles. The smallest absolute Gasteiger partial charge is 0.290 e. The molecule has 3 saturated heterocycles. The lowest BCUT2D eigenvalue weighted by molar-refractivity contribution is -0.122. The van der Waals surface area contributed by atoms with Crippen LogP contribution in [0.2, 0.25) is 0 Å². The van der Waals surface area contributed by atoms with Crippen LogP contribution >= 0.6 is 0 Å². The number of carbonyl (C=O) groups is 2. The Morgan fingerprint density at radius 2 is 2.14 bits per heavy atom. The van der Waals surface area contributed by atoms with E-state index in [4.69, 9.17) is 14.6 Å². The summed E-state index contributed by atoms with van der Waals surface area (Å²) in [6.07, 6.45) is 5.43. The third kappa shape index (κ3) is 4.18. The fraction of sp³-hybridized carbons (Fsp3) is 0.476. The second-order valence-corrected chi connectivity index (χ2v) is 7.71. The molecule has 8 heteroatoms. The van der Waals surface area contributed by atoms with Crippen molar-refractivity contribution in [1.29, 1.82) is 0 Å². The van der Waals surface area contributed by atoms with Crippen molar-refractivity contribution in [3.05, 3.63) is 35.5 Å². The van der Waals surface area contributed by atoms with Crippen LogP contribution in [0.1, 0.15) is 35.3 Å². The summed E-state index contributed by atoms with van der Waals surface area (Å²) in [6.45, 7) is 4.50. The van der Waals surface area contributed by atoms with E-state index in [1.807, 2.05) is 6.07 Å². The summed E-state index contributed by atoms with van der Waals surface area (Å²) in [6, 6.07) is 6.43. The number of fused-ring (bicyclic) bond motifs is 4. The second kappa shape index (κ2) is 8.75. The van der Waals surface area contributed by atoms with E-state index in [9.17, 15) is 4.79 Å². The molecule has 0 saturated carbocycles. The van der Waals surface area contributed by atoms with E-state index >= 15 is 0 Å². The average Bonchev–Trinajstić information content (AvgIpc) is 3.19. The van der Waals surface area contributed by atoms with Crippen molar-refractivity contribution >= 4 is 28.9 Å². The van der Waals surface area contributed by atoms with Gasteiger partial charge in [0.1, 0.15) is 0 Å². The van der Waals surface area contributed by atoms with E-state index in [1.54, 1.807) is 0 Å². The van der Waals surface area contributed by atoms with Gasteiger partial charge in [-0.05, 0) is 61.5 Å². The molecular formula is C21H26N4O4. The molecule has 3 N–H and O–H groups in total. The van der Waals surface area contributed by atoms with Crippen molar-refractivity contribution in [3.8, 4) is 0 Å². The van der Waals surface area contributed by atoms with Crippen LogP contribution in [0.3, 0.4) is 0 Å². The zero-order valence-electron chi connectivity index (χ0n) is 16.3. The molecule has 3 fully saturated rings. The van der Waals surface area contributed by atoms with Crippen LogP contribution in [0, 0.1) is 5.92 Å². The first-order valence-electron chi connectivity index (χ1n) is 10.1. The lowest BCUT2D eigenvalue weighted by Crippen LogP contribution is -2.57. The first-order chi connectivity index (χ1) is 14.2. The quantitative estimate of drug-likeness (QED) is 0.682. The number of H-pyrrole nitrogens is 1. The lowest BCUT2D eigenvalue weighted by Gasteiger charge is -2.44. The minimum atomic E-state index is -0.250. The van der Waals surface area contributed by atoms with Gasteiger partial charge in [0.05, 0.1) is 18.7 Å². The van der Waals surface area contributed by atoms with Gasteiger partial charge in [0.2, 0.25) is 0 Å². The van der Waals surface area contributed by atoms with Crippen molar-refractivity contribution in [2.45, 2.75) is 25.3 Å². The highest BCUT2D eigenvalue weighted by Crippen LogP contribution is 2.29. The van der Waals surface area contributed by atoms with Gasteiger partial charge >= 0.3 is 0 Å². The van der Waals surface area contributed by atoms with Gasteiger partial charge in [-0.1, -0.05) is 12.1 Å². The van der Waals surface area contributed by atoms with Crippen molar-refractivity contribution in [2.24, 2.45) is 5.92 Å². The SMILES string of the molecule is O=C(N[C@@H]1CN2CCC1CC2)c1n[nH]c2cc(C3=CCOCC3)ccc12.O=CO. The van der Waals surface area contributed by atoms with Gasteiger partial charge in [-0.15, -0.1) is 0 Å². The highest BCUT2D eigenvalue weighted by molar-refractivity contribution is 6.05. The fourth-order valence-electron chi connectivity index (χ4n) is 4.55. The summed E-state index contributed by atoms with van der Waals surface area (Å²) in [5, 5.41) is 18.4. The molecular weight excluding hydrogens is 372 g/mol. The number of nitrogens with zero attached hydrogens (tertiary/aromatic N) is 2. The summed E-state index contributed by atoms with van der Waals surface area (Å²) < 4.78 is 5.38. The molecule has 8 nitrogen and oxygen atoms in total. The normalized spacial score (nSPS) is 25.7. The number of hydrogen-bond acceptors (Lipinski definition) is 5. The third-order valence-electron chi connectivity index (χ3n) is 6.08. The van der Waals surface area contributed by atoms with Gasteiger partial charge in [0.15, 0.2) is 5.69 Å². The number of amides is 1. The van der Waals surface area contributed by atoms with Gasteiger partial charge in [0, 0.05) is 18.0 Å². The van der Waals surface area contributed by atoms with E-state index in [2.05, 4.69) is 38.6 Å². The summed E-state index contributed by atoms with van der Waals surface area (Å²) >= 11 is 0. The number of carboxylic acid groups (broad SMARTS) is 1. The summed E-state index contributed by atoms with van der Waals surface area (Å²) in [5.41, 5.74) is 3.89. The Kier molecular flexibility index (Phi) is 5.92. The van der Waals surface area contributed by atoms with Crippen LogP contribution in [-0.4, -0.2) is 71.5 Å². The van der Waals surface area contributed by atoms with E-state index < -0.39 is 0 Å². The summed E-state index contributed by atoms with van der Waals surface area (Å²) in [4.78, 5) is 23.6. The average molecular weight is 398 g/mol. The standard InChI is InChI=1S/C20H24N4O2.CH2O2/c25-20(21-18-12-24-7-3-14(18)4-8-24)19-16-2-1-15(11-17(16)22-23-19)13-5-9-26-10-6-13;2-1-3/h1-2,5,11,14,18H,3-4,6-10,12H2,(H,21,25)(H,22,23);1H,(H,2,3)/t18-;/m1./s1.